The first-order valence-corrected chi connectivity index (χ1v) is 7.16. The molecule has 4 N–H and O–H groups in total. The Balaban J connectivity index is 2.28. The lowest BCUT2D eigenvalue weighted by Crippen LogP contribution is -2.33. The van der Waals surface area contributed by atoms with E-state index in [0.717, 1.165) is 5.69 Å². The van der Waals surface area contributed by atoms with Gasteiger partial charge < -0.3 is 16.2 Å². The monoisotopic (exact) mass is 302 g/mol. The lowest BCUT2D eigenvalue weighted by atomic mass is 9.89. The number of nitrogens with one attached hydrogen (secondary N) is 1. The van der Waals surface area contributed by atoms with Crippen molar-refractivity contribution < 1.29 is 9.90 Å². The molecule has 0 aliphatic heterocycles. The standard InChI is InChI=1S/C16H22N4O2/c1-16(2,3)13(21)10-18-14-9-12(15(17)22)19-20(14)11-7-5-4-6-8-11/h4-9,13,18,21H,10H2,1-3H3,(H2,17,22)/t13-/m1/s1. The number of aliphatic hydroxyl groups excluding tert-OH is 1. The lowest BCUT2D eigenvalue weighted by Gasteiger charge is -2.26. The zero-order chi connectivity index (χ0) is 16.3. The molecule has 0 radical (unpaired) electrons. The fraction of sp³-hybridized carbons (Fsp3) is 0.375. The van der Waals surface area contributed by atoms with Crippen LogP contribution in [-0.4, -0.2) is 33.4 Å². The van der Waals surface area contributed by atoms with Gasteiger partial charge in [-0.1, -0.05) is 39.0 Å². The third kappa shape index (κ3) is 3.65. The summed E-state index contributed by atoms with van der Waals surface area (Å²) in [4.78, 5) is 11.4. The number of hydrogen-bond acceptors (Lipinski definition) is 4. The molecule has 0 aliphatic rings. The Morgan fingerprint density at radius 2 is 2.00 bits per heavy atom. The maximum absolute atomic E-state index is 11.4. The summed E-state index contributed by atoms with van der Waals surface area (Å²) in [6.07, 6.45) is -0.538. The predicted molar refractivity (Wildman–Crippen MR) is 86.0 cm³/mol. The summed E-state index contributed by atoms with van der Waals surface area (Å²) in [5.41, 5.74) is 6.05. The highest BCUT2D eigenvalue weighted by atomic mass is 16.3. The van der Waals surface area contributed by atoms with Crippen molar-refractivity contribution in [3.05, 3.63) is 42.1 Å². The molecule has 0 fully saturated rings. The number of amides is 1. The van der Waals surface area contributed by atoms with Crippen LogP contribution in [0.4, 0.5) is 5.82 Å². The molecule has 22 heavy (non-hydrogen) atoms. The third-order valence-corrected chi connectivity index (χ3v) is 3.44. The number of nitrogens with two attached hydrogens (primary N) is 1. The molecule has 0 spiro atoms. The number of aromatic nitrogens is 2. The quantitative estimate of drug-likeness (QED) is 0.785. The van der Waals surface area contributed by atoms with Crippen LogP contribution in [0, 0.1) is 5.41 Å². The number of para-hydroxylation sites is 1. The average Bonchev–Trinajstić information content (AvgIpc) is 2.89. The summed E-state index contributed by atoms with van der Waals surface area (Å²) < 4.78 is 1.61. The summed E-state index contributed by atoms with van der Waals surface area (Å²) in [5, 5.41) is 17.5. The number of hydrogen-bond donors (Lipinski definition) is 3. The molecule has 0 aliphatic carbocycles. The minimum atomic E-state index is -0.589. The number of primary amides is 1. The summed E-state index contributed by atoms with van der Waals surface area (Å²) >= 11 is 0. The molecule has 6 nitrogen and oxygen atoms in total. The van der Waals surface area contributed by atoms with Crippen molar-refractivity contribution in [2.75, 3.05) is 11.9 Å². The summed E-state index contributed by atoms with van der Waals surface area (Å²) in [6.45, 7) is 6.23. The van der Waals surface area contributed by atoms with Gasteiger partial charge in [-0.25, -0.2) is 4.68 Å². The lowest BCUT2D eigenvalue weighted by molar-refractivity contribution is 0.0745. The molecule has 2 rings (SSSR count). The molecule has 0 bridgehead atoms. The first-order chi connectivity index (χ1) is 10.3. The number of aliphatic hydroxyl groups is 1. The molecule has 1 aromatic carbocycles. The minimum Gasteiger partial charge on any atom is -0.391 e. The van der Waals surface area contributed by atoms with Crippen molar-refractivity contribution in [1.82, 2.24) is 9.78 Å². The second kappa shape index (κ2) is 6.19. The van der Waals surface area contributed by atoms with E-state index in [1.54, 1.807) is 10.7 Å². The summed E-state index contributed by atoms with van der Waals surface area (Å²) in [5.74, 6) is 0.0254. The van der Waals surface area contributed by atoms with Gasteiger partial charge in [0.2, 0.25) is 0 Å². The van der Waals surface area contributed by atoms with Crippen molar-refractivity contribution in [2.24, 2.45) is 11.1 Å². The van der Waals surface area contributed by atoms with E-state index in [0.29, 0.717) is 12.4 Å². The molecule has 0 saturated carbocycles. The van der Waals surface area contributed by atoms with E-state index in [1.807, 2.05) is 51.1 Å². The Morgan fingerprint density at radius 1 is 1.36 bits per heavy atom. The Morgan fingerprint density at radius 3 is 2.55 bits per heavy atom. The van der Waals surface area contributed by atoms with Gasteiger partial charge in [-0.2, -0.15) is 5.10 Å². The number of anilines is 1. The van der Waals surface area contributed by atoms with Crippen LogP contribution in [0.3, 0.4) is 0 Å². The van der Waals surface area contributed by atoms with E-state index in [4.69, 9.17) is 5.73 Å². The van der Waals surface area contributed by atoms with Gasteiger partial charge in [0, 0.05) is 12.6 Å². The molecule has 0 saturated heterocycles. The Bertz CT molecular complexity index is 644. The van der Waals surface area contributed by atoms with Gasteiger partial charge in [-0.15, -0.1) is 0 Å². The van der Waals surface area contributed by atoms with Crippen LogP contribution in [0.1, 0.15) is 31.3 Å². The highest BCUT2D eigenvalue weighted by Crippen LogP contribution is 2.21. The average molecular weight is 302 g/mol. The van der Waals surface area contributed by atoms with Crippen molar-refractivity contribution in [3.63, 3.8) is 0 Å². The van der Waals surface area contributed by atoms with Crippen LogP contribution >= 0.6 is 0 Å². The largest absolute Gasteiger partial charge is 0.391 e. The minimum absolute atomic E-state index is 0.177. The number of benzene rings is 1. The fourth-order valence-electron chi connectivity index (χ4n) is 1.90. The van der Waals surface area contributed by atoms with Crippen LogP contribution < -0.4 is 11.1 Å². The zero-order valence-corrected chi connectivity index (χ0v) is 13.1. The number of carbonyl (C=O) groups is 1. The highest BCUT2D eigenvalue weighted by molar-refractivity contribution is 5.91. The summed E-state index contributed by atoms with van der Waals surface area (Å²) in [7, 11) is 0. The van der Waals surface area contributed by atoms with Crippen molar-refractivity contribution in [1.29, 1.82) is 0 Å². The molecular formula is C16H22N4O2. The number of rotatable bonds is 5. The number of nitrogens with zero attached hydrogens (tertiary/aromatic N) is 2. The molecule has 0 unspecified atom stereocenters. The SMILES string of the molecule is CC(C)(C)[C@H](O)CNc1cc(C(N)=O)nn1-c1ccccc1. The first kappa shape index (κ1) is 16.0. The fourth-order valence-corrected chi connectivity index (χ4v) is 1.90. The smallest absolute Gasteiger partial charge is 0.269 e. The Kier molecular flexibility index (Phi) is 4.51. The van der Waals surface area contributed by atoms with E-state index in [2.05, 4.69) is 10.4 Å². The molecule has 1 aromatic heterocycles. The maximum atomic E-state index is 11.4. The highest BCUT2D eigenvalue weighted by Gasteiger charge is 2.22. The molecule has 1 atom stereocenters. The van der Waals surface area contributed by atoms with Gasteiger partial charge in [0.1, 0.15) is 5.82 Å². The van der Waals surface area contributed by atoms with Crippen molar-refractivity contribution in [2.45, 2.75) is 26.9 Å². The van der Waals surface area contributed by atoms with Crippen LogP contribution in [0.2, 0.25) is 0 Å². The van der Waals surface area contributed by atoms with Gasteiger partial charge in [0.05, 0.1) is 11.8 Å². The van der Waals surface area contributed by atoms with Crippen LogP contribution in [0.15, 0.2) is 36.4 Å². The molecule has 1 heterocycles. The number of carbonyl (C=O) groups excluding carboxylic acids is 1. The van der Waals surface area contributed by atoms with Crippen molar-refractivity contribution >= 4 is 11.7 Å². The predicted octanol–water partition coefficient (Wildman–Crippen LogP) is 1.79. The third-order valence-electron chi connectivity index (χ3n) is 3.44. The second-order valence-corrected chi connectivity index (χ2v) is 6.29. The maximum Gasteiger partial charge on any atom is 0.269 e. The van der Waals surface area contributed by atoms with Gasteiger partial charge >= 0.3 is 0 Å². The molecule has 1 amide bonds. The van der Waals surface area contributed by atoms with E-state index < -0.39 is 12.0 Å². The molecular weight excluding hydrogens is 280 g/mol. The first-order valence-electron chi connectivity index (χ1n) is 7.16. The molecule has 6 heteroatoms. The normalized spacial score (nSPS) is 12.9. The topological polar surface area (TPSA) is 93.2 Å². The van der Waals surface area contributed by atoms with E-state index in [-0.39, 0.29) is 11.1 Å². The van der Waals surface area contributed by atoms with Crippen molar-refractivity contribution in [3.8, 4) is 5.69 Å². The van der Waals surface area contributed by atoms with Gasteiger partial charge in [0.25, 0.3) is 5.91 Å². The Labute approximate surface area is 129 Å². The Hall–Kier alpha value is -2.34. The van der Waals surface area contributed by atoms with Crippen LogP contribution in [-0.2, 0) is 0 Å². The van der Waals surface area contributed by atoms with E-state index in [9.17, 15) is 9.90 Å². The van der Waals surface area contributed by atoms with Gasteiger partial charge in [0.15, 0.2) is 5.69 Å². The van der Waals surface area contributed by atoms with E-state index in [1.165, 1.54) is 0 Å². The summed E-state index contributed by atoms with van der Waals surface area (Å²) in [6, 6.07) is 11.0. The van der Waals surface area contributed by atoms with Crippen LogP contribution in [0.25, 0.3) is 5.69 Å². The zero-order valence-electron chi connectivity index (χ0n) is 13.1. The van der Waals surface area contributed by atoms with Crippen LogP contribution in [0.5, 0.6) is 0 Å². The van der Waals surface area contributed by atoms with E-state index >= 15 is 0 Å². The van der Waals surface area contributed by atoms with Gasteiger partial charge in [-0.3, -0.25) is 4.79 Å². The second-order valence-electron chi connectivity index (χ2n) is 6.29. The molecule has 118 valence electrons. The van der Waals surface area contributed by atoms with Gasteiger partial charge in [-0.05, 0) is 17.5 Å². The molecule has 2 aromatic rings.